The first-order chi connectivity index (χ1) is 13.5. The largest absolute Gasteiger partial charge is 0.493 e. The minimum atomic E-state index is -0.546. The summed E-state index contributed by atoms with van der Waals surface area (Å²) in [7, 11) is 6.98. The molecule has 0 bridgehead atoms. The lowest BCUT2D eigenvalue weighted by Crippen LogP contribution is -3.04. The molecule has 8 nitrogen and oxygen atoms in total. The summed E-state index contributed by atoms with van der Waals surface area (Å²) in [5.74, 6) is 0.376. The maximum atomic E-state index is 12.5. The summed E-state index contributed by atoms with van der Waals surface area (Å²) in [5, 5.41) is 19.2. The molecule has 8 heteroatoms. The van der Waals surface area contributed by atoms with Gasteiger partial charge in [0.15, 0.2) is 23.9 Å². The molecular weight excluding hydrogens is 360 g/mol. The number of benzene rings is 2. The highest BCUT2D eigenvalue weighted by atomic mass is 16.5. The van der Waals surface area contributed by atoms with Gasteiger partial charge in [-0.15, -0.1) is 10.2 Å². The number of ether oxygens (including phenoxy) is 2. The van der Waals surface area contributed by atoms with Crippen LogP contribution in [0.15, 0.2) is 52.7 Å². The molecule has 0 aliphatic carbocycles. The standard InChI is InChI=1S/C20H22N4O4/c1-23(2)12-24-15-8-6-5-7-14(15)18(20(24)26)21-22-19(25)13-9-10-16(27-3)17(11-13)28-4/h5-11,26H,12H2,1-4H3/p+1. The molecule has 0 radical (unpaired) electrons. The van der Waals surface area contributed by atoms with Crippen molar-refractivity contribution in [2.75, 3.05) is 28.3 Å². The van der Waals surface area contributed by atoms with Crippen LogP contribution in [0.4, 0.5) is 5.69 Å². The van der Waals surface area contributed by atoms with Gasteiger partial charge < -0.3 is 19.5 Å². The summed E-state index contributed by atoms with van der Waals surface area (Å²) >= 11 is 0. The van der Waals surface area contributed by atoms with Crippen molar-refractivity contribution in [2.45, 2.75) is 6.67 Å². The van der Waals surface area contributed by atoms with Gasteiger partial charge >= 0.3 is 0 Å². The Hall–Kier alpha value is -3.39. The highest BCUT2D eigenvalue weighted by molar-refractivity contribution is 5.97. The van der Waals surface area contributed by atoms with Crippen LogP contribution in [0, 0.1) is 0 Å². The number of hydrogen-bond donors (Lipinski definition) is 2. The Balaban J connectivity index is 1.97. The summed E-state index contributed by atoms with van der Waals surface area (Å²) in [6.45, 7) is 0.547. The molecule has 0 aliphatic rings. The van der Waals surface area contributed by atoms with Gasteiger partial charge in [-0.1, -0.05) is 18.2 Å². The number of amides is 1. The van der Waals surface area contributed by atoms with E-state index in [0.717, 1.165) is 15.8 Å². The molecule has 2 aromatic carbocycles. The number of nitrogens with one attached hydrogen (secondary N) is 1. The van der Waals surface area contributed by atoms with Crippen molar-refractivity contribution in [1.29, 1.82) is 0 Å². The van der Waals surface area contributed by atoms with Crippen LogP contribution < -0.4 is 14.4 Å². The smallest absolute Gasteiger partial charge is 0.295 e. The quantitative estimate of drug-likeness (QED) is 0.640. The van der Waals surface area contributed by atoms with E-state index in [1.54, 1.807) is 22.8 Å². The number of aromatic hydroxyl groups is 1. The first-order valence-corrected chi connectivity index (χ1v) is 8.73. The number of azo groups is 1. The molecule has 0 atom stereocenters. The Kier molecular flexibility index (Phi) is 5.60. The lowest BCUT2D eigenvalue weighted by molar-refractivity contribution is -0.882. The van der Waals surface area contributed by atoms with Crippen molar-refractivity contribution in [3.8, 4) is 17.4 Å². The lowest BCUT2D eigenvalue weighted by atomic mass is 10.2. The van der Waals surface area contributed by atoms with Gasteiger partial charge in [0, 0.05) is 10.9 Å². The number of quaternary nitrogens is 1. The van der Waals surface area contributed by atoms with Gasteiger partial charge in [-0.3, -0.25) is 9.36 Å². The molecule has 3 aromatic rings. The number of aromatic nitrogens is 1. The average Bonchev–Trinajstić information content (AvgIpc) is 2.96. The van der Waals surface area contributed by atoms with Crippen LogP contribution in [0.5, 0.6) is 17.4 Å². The van der Waals surface area contributed by atoms with E-state index < -0.39 is 5.91 Å². The molecule has 1 amide bonds. The zero-order valence-electron chi connectivity index (χ0n) is 16.3. The van der Waals surface area contributed by atoms with Crippen LogP contribution >= 0.6 is 0 Å². The highest BCUT2D eigenvalue weighted by Crippen LogP contribution is 2.38. The number of fused-ring (bicyclic) bond motifs is 1. The van der Waals surface area contributed by atoms with E-state index in [1.807, 2.05) is 38.4 Å². The number of nitrogens with zero attached hydrogens (tertiary/aromatic N) is 3. The number of hydrogen-bond acceptors (Lipinski definition) is 5. The van der Waals surface area contributed by atoms with Gasteiger partial charge in [0.05, 0.1) is 33.8 Å². The second kappa shape index (κ2) is 8.10. The molecule has 1 aromatic heterocycles. The van der Waals surface area contributed by atoms with E-state index in [2.05, 4.69) is 10.2 Å². The number of carbonyl (C=O) groups is 1. The van der Waals surface area contributed by atoms with E-state index in [4.69, 9.17) is 9.47 Å². The zero-order valence-corrected chi connectivity index (χ0v) is 16.3. The minimum absolute atomic E-state index is 0.0220. The maximum absolute atomic E-state index is 12.5. The Morgan fingerprint density at radius 3 is 2.50 bits per heavy atom. The van der Waals surface area contributed by atoms with Crippen molar-refractivity contribution >= 4 is 22.5 Å². The fourth-order valence-electron chi connectivity index (χ4n) is 2.97. The van der Waals surface area contributed by atoms with Gasteiger partial charge in [0.25, 0.3) is 5.91 Å². The second-order valence-electron chi connectivity index (χ2n) is 6.56. The molecule has 0 fully saturated rings. The third kappa shape index (κ3) is 3.67. The van der Waals surface area contributed by atoms with Gasteiger partial charge in [-0.05, 0) is 24.3 Å². The van der Waals surface area contributed by atoms with E-state index in [0.29, 0.717) is 23.7 Å². The molecule has 3 rings (SSSR count). The van der Waals surface area contributed by atoms with Crippen molar-refractivity contribution in [3.05, 3.63) is 48.0 Å². The number of carbonyl (C=O) groups excluding carboxylic acids is 1. The van der Waals surface area contributed by atoms with Crippen molar-refractivity contribution in [1.82, 2.24) is 4.57 Å². The van der Waals surface area contributed by atoms with Crippen LogP contribution in [-0.4, -0.2) is 43.9 Å². The van der Waals surface area contributed by atoms with Crippen LogP contribution in [-0.2, 0) is 6.67 Å². The summed E-state index contributed by atoms with van der Waals surface area (Å²) < 4.78 is 12.1. The zero-order chi connectivity index (χ0) is 20.3. The van der Waals surface area contributed by atoms with Crippen LogP contribution in [0.2, 0.25) is 0 Å². The van der Waals surface area contributed by atoms with Crippen LogP contribution in [0.3, 0.4) is 0 Å². The first kappa shape index (κ1) is 19.4. The fourth-order valence-corrected chi connectivity index (χ4v) is 2.97. The first-order valence-electron chi connectivity index (χ1n) is 8.73. The fraction of sp³-hybridized carbons (Fsp3) is 0.250. The van der Waals surface area contributed by atoms with Gasteiger partial charge in [-0.2, -0.15) is 0 Å². The third-order valence-electron chi connectivity index (χ3n) is 4.26. The lowest BCUT2D eigenvalue weighted by Gasteiger charge is -2.10. The Labute approximate surface area is 162 Å². The Morgan fingerprint density at radius 2 is 1.82 bits per heavy atom. The molecule has 2 N–H and O–H groups in total. The molecule has 0 saturated carbocycles. The Morgan fingerprint density at radius 1 is 1.11 bits per heavy atom. The SMILES string of the molecule is COc1ccc(C(=O)N=Nc2c(O)n(C[NH+](C)C)c3ccccc23)cc1OC. The average molecular weight is 383 g/mol. The Bertz CT molecular complexity index is 1040. The minimum Gasteiger partial charge on any atom is -0.493 e. The number of rotatable bonds is 6. The summed E-state index contributed by atoms with van der Waals surface area (Å²) in [5.41, 5.74) is 1.40. The molecule has 0 saturated heterocycles. The van der Waals surface area contributed by atoms with E-state index in [1.165, 1.54) is 14.2 Å². The monoisotopic (exact) mass is 383 g/mol. The van der Waals surface area contributed by atoms with E-state index in [9.17, 15) is 9.90 Å². The van der Waals surface area contributed by atoms with Gasteiger partial charge in [0.1, 0.15) is 0 Å². The van der Waals surface area contributed by atoms with Crippen molar-refractivity contribution < 1.29 is 24.3 Å². The molecule has 28 heavy (non-hydrogen) atoms. The molecule has 146 valence electrons. The number of methoxy groups -OCH3 is 2. The third-order valence-corrected chi connectivity index (χ3v) is 4.26. The van der Waals surface area contributed by atoms with E-state index >= 15 is 0 Å². The number of para-hydroxylation sites is 1. The molecule has 0 unspecified atom stereocenters. The topological polar surface area (TPSA) is 89.9 Å². The summed E-state index contributed by atoms with van der Waals surface area (Å²) in [6.07, 6.45) is 0. The molecule has 0 aliphatic heterocycles. The second-order valence-corrected chi connectivity index (χ2v) is 6.56. The van der Waals surface area contributed by atoms with Gasteiger partial charge in [0.2, 0.25) is 5.88 Å². The van der Waals surface area contributed by atoms with Crippen LogP contribution in [0.25, 0.3) is 10.9 Å². The predicted molar refractivity (Wildman–Crippen MR) is 105 cm³/mol. The normalized spacial score (nSPS) is 11.5. The van der Waals surface area contributed by atoms with Crippen molar-refractivity contribution in [3.63, 3.8) is 0 Å². The summed E-state index contributed by atoms with van der Waals surface area (Å²) in [6, 6.07) is 12.2. The molecular formula is C20H23N4O4+. The van der Waals surface area contributed by atoms with Crippen LogP contribution in [0.1, 0.15) is 10.4 Å². The van der Waals surface area contributed by atoms with Gasteiger partial charge in [-0.25, -0.2) is 0 Å². The highest BCUT2D eigenvalue weighted by Gasteiger charge is 2.18. The maximum Gasteiger partial charge on any atom is 0.295 e. The predicted octanol–water partition coefficient (Wildman–Crippen LogP) is 2.39. The molecule has 1 heterocycles. The van der Waals surface area contributed by atoms with Crippen molar-refractivity contribution in [2.24, 2.45) is 10.2 Å². The summed E-state index contributed by atoms with van der Waals surface area (Å²) in [4.78, 5) is 13.6. The van der Waals surface area contributed by atoms with E-state index in [-0.39, 0.29) is 11.6 Å². The molecule has 0 spiro atoms.